The second-order valence-electron chi connectivity index (χ2n) is 7.94. The Balaban J connectivity index is 1.72. The van der Waals surface area contributed by atoms with Gasteiger partial charge in [0.1, 0.15) is 6.10 Å². The van der Waals surface area contributed by atoms with E-state index in [0.717, 1.165) is 50.0 Å². The molecule has 8 heteroatoms. The number of hydrogen-bond acceptors (Lipinski definition) is 5. The van der Waals surface area contributed by atoms with Crippen LogP contribution >= 0.6 is 0 Å². The first-order valence-corrected chi connectivity index (χ1v) is 12.5. The van der Waals surface area contributed by atoms with E-state index in [1.165, 1.54) is 4.31 Å². The maximum Gasteiger partial charge on any atom is 0.255 e. The van der Waals surface area contributed by atoms with Gasteiger partial charge >= 0.3 is 0 Å². The monoisotopic (exact) mass is 438 g/mol. The van der Waals surface area contributed by atoms with Gasteiger partial charge in [-0.15, -0.1) is 0 Å². The fourth-order valence-corrected chi connectivity index (χ4v) is 5.67. The molecule has 1 amide bonds. The summed E-state index contributed by atoms with van der Waals surface area (Å²) < 4.78 is 38.7. The Bertz CT molecular complexity index is 832. The van der Waals surface area contributed by atoms with E-state index in [1.807, 2.05) is 13.8 Å². The number of aryl methyl sites for hydroxylation is 1. The van der Waals surface area contributed by atoms with Gasteiger partial charge in [-0.05, 0) is 62.8 Å². The fourth-order valence-electron chi connectivity index (χ4n) is 4.16. The molecule has 0 bridgehead atoms. The van der Waals surface area contributed by atoms with Crippen LogP contribution in [0.15, 0.2) is 23.1 Å². The molecule has 0 saturated carbocycles. The Morgan fingerprint density at radius 1 is 1.27 bits per heavy atom. The standard InChI is InChI=1S/C22H34N2O5S/c1-4-23(5-2)30(26,27)20-11-12-21-18(15-20)9-8-13-24(21)22(25)17(3)29-16-19-10-6-7-14-28-19/h11-12,15,17,19H,4-10,13-14,16H2,1-3H3. The van der Waals surface area contributed by atoms with Gasteiger partial charge in [-0.3, -0.25) is 4.79 Å². The van der Waals surface area contributed by atoms with Crippen LogP contribution < -0.4 is 4.90 Å². The first-order valence-electron chi connectivity index (χ1n) is 11.1. The first kappa shape index (κ1) is 23.2. The number of ether oxygens (including phenoxy) is 2. The molecule has 1 saturated heterocycles. The number of carbonyl (C=O) groups excluding carboxylic acids is 1. The summed E-state index contributed by atoms with van der Waals surface area (Å²) in [5, 5.41) is 0. The molecular weight excluding hydrogens is 404 g/mol. The molecule has 2 aliphatic rings. The van der Waals surface area contributed by atoms with Crippen LogP contribution in [-0.2, 0) is 30.7 Å². The SMILES string of the molecule is CCN(CC)S(=O)(=O)c1ccc2c(c1)CCCN2C(=O)C(C)OCC1CCCCO1. The van der Waals surface area contributed by atoms with Crippen LogP contribution in [0.25, 0.3) is 0 Å². The number of sulfonamides is 1. The summed E-state index contributed by atoms with van der Waals surface area (Å²) in [5.41, 5.74) is 1.68. The van der Waals surface area contributed by atoms with Gasteiger partial charge in [0, 0.05) is 31.9 Å². The van der Waals surface area contributed by atoms with Gasteiger partial charge < -0.3 is 14.4 Å². The molecule has 3 rings (SSSR count). The zero-order valence-electron chi connectivity index (χ0n) is 18.3. The summed E-state index contributed by atoms with van der Waals surface area (Å²) in [5.74, 6) is -0.0916. The van der Waals surface area contributed by atoms with Gasteiger partial charge in [-0.2, -0.15) is 4.31 Å². The van der Waals surface area contributed by atoms with Crippen molar-refractivity contribution in [2.24, 2.45) is 0 Å². The lowest BCUT2D eigenvalue weighted by atomic mass is 10.0. The molecule has 2 unspecified atom stereocenters. The third-order valence-corrected chi connectivity index (χ3v) is 7.98. The molecule has 0 N–H and O–H groups in total. The van der Waals surface area contributed by atoms with Crippen LogP contribution in [0.3, 0.4) is 0 Å². The van der Waals surface area contributed by atoms with Crippen LogP contribution in [0.4, 0.5) is 5.69 Å². The van der Waals surface area contributed by atoms with Crippen molar-refractivity contribution < 1.29 is 22.7 Å². The molecular formula is C22H34N2O5S. The lowest BCUT2D eigenvalue weighted by Crippen LogP contribution is -2.43. The van der Waals surface area contributed by atoms with Crippen molar-refractivity contribution >= 4 is 21.6 Å². The topological polar surface area (TPSA) is 76.2 Å². The van der Waals surface area contributed by atoms with E-state index in [9.17, 15) is 13.2 Å². The second-order valence-corrected chi connectivity index (χ2v) is 9.88. The molecule has 7 nitrogen and oxygen atoms in total. The normalized spacial score (nSPS) is 20.8. The van der Waals surface area contributed by atoms with Crippen molar-refractivity contribution in [3.63, 3.8) is 0 Å². The van der Waals surface area contributed by atoms with Gasteiger partial charge in [-0.1, -0.05) is 13.8 Å². The largest absolute Gasteiger partial charge is 0.376 e. The van der Waals surface area contributed by atoms with Crippen molar-refractivity contribution in [2.45, 2.75) is 70.0 Å². The number of carbonyl (C=O) groups is 1. The zero-order valence-corrected chi connectivity index (χ0v) is 19.1. The maximum atomic E-state index is 13.0. The molecule has 2 heterocycles. The van der Waals surface area contributed by atoms with E-state index in [1.54, 1.807) is 30.0 Å². The lowest BCUT2D eigenvalue weighted by Gasteiger charge is -2.32. The van der Waals surface area contributed by atoms with Crippen molar-refractivity contribution in [2.75, 3.05) is 37.7 Å². The van der Waals surface area contributed by atoms with Crippen LogP contribution in [0.2, 0.25) is 0 Å². The lowest BCUT2D eigenvalue weighted by molar-refractivity contribution is -0.132. The quantitative estimate of drug-likeness (QED) is 0.624. The van der Waals surface area contributed by atoms with Crippen LogP contribution in [0, 0.1) is 0 Å². The third-order valence-electron chi connectivity index (χ3n) is 5.93. The highest BCUT2D eigenvalue weighted by Gasteiger charge is 2.30. The molecule has 2 aliphatic heterocycles. The van der Waals surface area contributed by atoms with Gasteiger partial charge in [0.05, 0.1) is 17.6 Å². The van der Waals surface area contributed by atoms with Crippen molar-refractivity contribution in [3.05, 3.63) is 23.8 Å². The van der Waals surface area contributed by atoms with Crippen LogP contribution in [0.5, 0.6) is 0 Å². The minimum Gasteiger partial charge on any atom is -0.376 e. The van der Waals surface area contributed by atoms with Crippen molar-refractivity contribution in [1.82, 2.24) is 4.31 Å². The van der Waals surface area contributed by atoms with Gasteiger partial charge in [-0.25, -0.2) is 8.42 Å². The molecule has 0 aromatic heterocycles. The van der Waals surface area contributed by atoms with Gasteiger partial charge in [0.2, 0.25) is 10.0 Å². The van der Waals surface area contributed by atoms with E-state index in [4.69, 9.17) is 9.47 Å². The second kappa shape index (κ2) is 10.2. The molecule has 1 aromatic carbocycles. The zero-order chi connectivity index (χ0) is 21.7. The summed E-state index contributed by atoms with van der Waals surface area (Å²) in [7, 11) is -3.52. The molecule has 2 atom stereocenters. The summed E-state index contributed by atoms with van der Waals surface area (Å²) in [4.78, 5) is 15.1. The molecule has 0 radical (unpaired) electrons. The van der Waals surface area contributed by atoms with Crippen LogP contribution in [-0.4, -0.2) is 63.7 Å². The average molecular weight is 439 g/mol. The highest BCUT2D eigenvalue weighted by molar-refractivity contribution is 7.89. The van der Waals surface area contributed by atoms with Gasteiger partial charge in [0.25, 0.3) is 5.91 Å². The maximum absolute atomic E-state index is 13.0. The molecule has 1 fully saturated rings. The molecule has 30 heavy (non-hydrogen) atoms. The fraction of sp³-hybridized carbons (Fsp3) is 0.682. The minimum atomic E-state index is -3.52. The molecule has 0 spiro atoms. The summed E-state index contributed by atoms with van der Waals surface area (Å²) in [6.07, 6.45) is 4.24. The highest BCUT2D eigenvalue weighted by atomic mass is 32.2. The Morgan fingerprint density at radius 3 is 2.70 bits per heavy atom. The Hall–Kier alpha value is -1.48. The number of rotatable bonds is 8. The minimum absolute atomic E-state index is 0.0653. The predicted molar refractivity (Wildman–Crippen MR) is 116 cm³/mol. The highest BCUT2D eigenvalue weighted by Crippen LogP contribution is 2.31. The van der Waals surface area contributed by atoms with E-state index >= 15 is 0 Å². The van der Waals surface area contributed by atoms with Crippen molar-refractivity contribution in [1.29, 1.82) is 0 Å². The number of hydrogen-bond donors (Lipinski definition) is 0. The van der Waals surface area contributed by atoms with E-state index in [2.05, 4.69) is 0 Å². The number of benzene rings is 1. The van der Waals surface area contributed by atoms with Gasteiger partial charge in [0.15, 0.2) is 0 Å². The number of fused-ring (bicyclic) bond motifs is 1. The third kappa shape index (κ3) is 5.04. The first-order chi connectivity index (χ1) is 14.4. The van der Waals surface area contributed by atoms with E-state index in [0.29, 0.717) is 26.2 Å². The number of anilines is 1. The predicted octanol–water partition coefficient (Wildman–Crippen LogP) is 2.97. The summed E-state index contributed by atoms with van der Waals surface area (Å²) >= 11 is 0. The van der Waals surface area contributed by atoms with Crippen molar-refractivity contribution in [3.8, 4) is 0 Å². The number of amides is 1. The van der Waals surface area contributed by atoms with E-state index < -0.39 is 16.1 Å². The van der Waals surface area contributed by atoms with E-state index in [-0.39, 0.29) is 16.9 Å². The number of nitrogens with zero attached hydrogens (tertiary/aromatic N) is 2. The summed E-state index contributed by atoms with van der Waals surface area (Å²) in [6.45, 7) is 8.10. The molecule has 0 aliphatic carbocycles. The average Bonchev–Trinajstić information content (AvgIpc) is 2.77. The Kier molecular flexibility index (Phi) is 7.90. The molecule has 1 aromatic rings. The smallest absolute Gasteiger partial charge is 0.255 e. The molecule has 168 valence electrons. The van der Waals surface area contributed by atoms with Crippen LogP contribution in [0.1, 0.15) is 52.0 Å². The summed E-state index contributed by atoms with van der Waals surface area (Å²) in [6, 6.07) is 5.10. The Labute approximate surface area is 180 Å². The Morgan fingerprint density at radius 2 is 2.03 bits per heavy atom.